The Labute approximate surface area is 128 Å². The van der Waals surface area contributed by atoms with Crippen LogP contribution < -0.4 is 5.32 Å². The molecule has 108 valence electrons. The molecule has 0 bridgehead atoms. The van der Waals surface area contributed by atoms with E-state index >= 15 is 0 Å². The molecule has 1 N–H and O–H groups in total. The van der Waals surface area contributed by atoms with Crippen molar-refractivity contribution in [1.82, 2.24) is 0 Å². The van der Waals surface area contributed by atoms with Crippen LogP contribution in [0.4, 0.5) is 10.1 Å². The number of benzene rings is 2. The average Bonchev–Trinajstić information content (AvgIpc) is 2.56. The summed E-state index contributed by atoms with van der Waals surface area (Å²) < 4.78 is 19.3. The SMILES string of the molecule is CC1(C)OCC(=S)Nc2ccc(-c3cccc(F)c3)cc21. The van der Waals surface area contributed by atoms with E-state index < -0.39 is 5.60 Å². The molecule has 2 nitrogen and oxygen atoms in total. The molecule has 0 unspecified atom stereocenters. The van der Waals surface area contributed by atoms with Crippen molar-refractivity contribution in [3.63, 3.8) is 0 Å². The van der Waals surface area contributed by atoms with E-state index in [0.717, 1.165) is 22.4 Å². The first-order chi connectivity index (χ1) is 9.95. The van der Waals surface area contributed by atoms with Crippen molar-refractivity contribution in [2.75, 3.05) is 11.9 Å². The first-order valence-corrected chi connectivity index (χ1v) is 7.21. The predicted octanol–water partition coefficient (Wildman–Crippen LogP) is 4.50. The Bertz CT molecular complexity index is 712. The molecule has 3 rings (SSSR count). The second kappa shape index (κ2) is 5.20. The topological polar surface area (TPSA) is 21.3 Å². The largest absolute Gasteiger partial charge is 0.364 e. The van der Waals surface area contributed by atoms with Crippen LogP contribution in [0.15, 0.2) is 42.5 Å². The molecule has 0 aliphatic carbocycles. The van der Waals surface area contributed by atoms with Crippen LogP contribution in [0.2, 0.25) is 0 Å². The molecule has 0 saturated carbocycles. The lowest BCUT2D eigenvalue weighted by Gasteiger charge is -2.25. The minimum absolute atomic E-state index is 0.239. The van der Waals surface area contributed by atoms with E-state index in [1.54, 1.807) is 6.07 Å². The molecule has 1 heterocycles. The smallest absolute Gasteiger partial charge is 0.123 e. The fourth-order valence-electron chi connectivity index (χ4n) is 2.51. The highest BCUT2D eigenvalue weighted by Gasteiger charge is 2.28. The zero-order valence-electron chi connectivity index (χ0n) is 11.9. The first-order valence-electron chi connectivity index (χ1n) is 6.80. The highest BCUT2D eigenvalue weighted by molar-refractivity contribution is 7.80. The van der Waals surface area contributed by atoms with Gasteiger partial charge in [-0.05, 0) is 49.2 Å². The number of fused-ring (bicyclic) bond motifs is 1. The molecule has 0 saturated heterocycles. The van der Waals surface area contributed by atoms with Gasteiger partial charge in [0, 0.05) is 11.3 Å². The van der Waals surface area contributed by atoms with E-state index in [1.807, 2.05) is 38.1 Å². The number of rotatable bonds is 1. The van der Waals surface area contributed by atoms with E-state index in [4.69, 9.17) is 17.0 Å². The maximum absolute atomic E-state index is 13.4. The Hall–Kier alpha value is -1.78. The maximum atomic E-state index is 13.4. The van der Waals surface area contributed by atoms with Crippen LogP contribution in [0.3, 0.4) is 0 Å². The summed E-state index contributed by atoms with van der Waals surface area (Å²) in [6.45, 7) is 4.42. The summed E-state index contributed by atoms with van der Waals surface area (Å²) in [6, 6.07) is 12.6. The maximum Gasteiger partial charge on any atom is 0.123 e. The molecule has 1 aliphatic heterocycles. The fraction of sp³-hybridized carbons (Fsp3) is 0.235. The Morgan fingerprint density at radius 2 is 1.90 bits per heavy atom. The van der Waals surface area contributed by atoms with E-state index in [-0.39, 0.29) is 5.82 Å². The van der Waals surface area contributed by atoms with Crippen molar-refractivity contribution in [2.45, 2.75) is 19.4 Å². The van der Waals surface area contributed by atoms with Crippen molar-refractivity contribution in [3.8, 4) is 11.1 Å². The lowest BCUT2D eigenvalue weighted by atomic mass is 9.92. The van der Waals surface area contributed by atoms with Gasteiger partial charge in [-0.2, -0.15) is 0 Å². The summed E-state index contributed by atoms with van der Waals surface area (Å²) in [5, 5.41) is 3.20. The van der Waals surface area contributed by atoms with Crippen molar-refractivity contribution in [1.29, 1.82) is 0 Å². The summed E-state index contributed by atoms with van der Waals surface area (Å²) in [7, 11) is 0. The van der Waals surface area contributed by atoms with Crippen LogP contribution in [0.5, 0.6) is 0 Å². The van der Waals surface area contributed by atoms with Crippen molar-refractivity contribution in [2.24, 2.45) is 0 Å². The minimum atomic E-state index is -0.452. The second-order valence-corrected chi connectivity index (χ2v) is 6.11. The van der Waals surface area contributed by atoms with Crippen LogP contribution in [0.25, 0.3) is 11.1 Å². The minimum Gasteiger partial charge on any atom is -0.364 e. The normalized spacial score (nSPS) is 16.8. The zero-order valence-corrected chi connectivity index (χ0v) is 12.8. The Balaban J connectivity index is 2.12. The summed E-state index contributed by atoms with van der Waals surface area (Å²) in [4.78, 5) is 0.667. The van der Waals surface area contributed by atoms with Gasteiger partial charge in [0.15, 0.2) is 0 Å². The molecule has 0 spiro atoms. The summed E-state index contributed by atoms with van der Waals surface area (Å²) in [5.74, 6) is -0.239. The van der Waals surface area contributed by atoms with Gasteiger partial charge in [-0.1, -0.05) is 30.4 Å². The molecule has 2 aromatic carbocycles. The molecular formula is C17H16FNOS. The number of thiocarbonyl (C=S) groups is 1. The number of halogens is 1. The van der Waals surface area contributed by atoms with Gasteiger partial charge in [-0.25, -0.2) is 4.39 Å². The first kappa shape index (κ1) is 14.2. The number of hydrogen-bond donors (Lipinski definition) is 1. The highest BCUT2D eigenvalue weighted by Crippen LogP contribution is 2.36. The average molecular weight is 301 g/mol. The van der Waals surface area contributed by atoms with E-state index in [9.17, 15) is 4.39 Å². The Morgan fingerprint density at radius 3 is 2.67 bits per heavy atom. The van der Waals surface area contributed by atoms with Crippen molar-refractivity contribution in [3.05, 3.63) is 53.8 Å². The third kappa shape index (κ3) is 2.82. The lowest BCUT2D eigenvalue weighted by molar-refractivity contribution is 0.00436. The number of ether oxygens (including phenoxy) is 1. The Morgan fingerprint density at radius 1 is 1.14 bits per heavy atom. The fourth-order valence-corrected chi connectivity index (χ4v) is 2.68. The molecular weight excluding hydrogens is 285 g/mol. The molecule has 21 heavy (non-hydrogen) atoms. The Kier molecular flexibility index (Phi) is 3.51. The number of hydrogen-bond acceptors (Lipinski definition) is 2. The van der Waals surface area contributed by atoms with Crippen LogP contribution in [-0.2, 0) is 10.3 Å². The second-order valence-electron chi connectivity index (χ2n) is 5.62. The highest BCUT2D eigenvalue weighted by atomic mass is 32.1. The summed E-state index contributed by atoms with van der Waals surface area (Å²) in [6.07, 6.45) is 0. The summed E-state index contributed by atoms with van der Waals surface area (Å²) >= 11 is 5.23. The van der Waals surface area contributed by atoms with E-state index in [1.165, 1.54) is 12.1 Å². The standard InChI is InChI=1S/C17H16FNOS/c1-17(2)14-9-12(11-4-3-5-13(18)8-11)6-7-15(14)19-16(21)10-20-17/h3-9H,10H2,1-2H3,(H,19,21). The van der Waals surface area contributed by atoms with Gasteiger partial charge in [-0.15, -0.1) is 0 Å². The number of anilines is 1. The molecule has 0 aromatic heterocycles. The molecule has 0 fully saturated rings. The van der Waals surface area contributed by atoms with Gasteiger partial charge in [0.05, 0.1) is 12.2 Å². The van der Waals surface area contributed by atoms with Gasteiger partial charge in [0.1, 0.15) is 10.8 Å². The van der Waals surface area contributed by atoms with Gasteiger partial charge in [0.25, 0.3) is 0 Å². The molecule has 4 heteroatoms. The predicted molar refractivity (Wildman–Crippen MR) is 87.0 cm³/mol. The van der Waals surface area contributed by atoms with Gasteiger partial charge in [0.2, 0.25) is 0 Å². The van der Waals surface area contributed by atoms with Gasteiger partial charge >= 0.3 is 0 Å². The third-order valence-electron chi connectivity index (χ3n) is 3.66. The van der Waals surface area contributed by atoms with Crippen LogP contribution in [-0.4, -0.2) is 11.6 Å². The molecule has 0 amide bonds. The van der Waals surface area contributed by atoms with E-state index in [0.29, 0.717) is 11.6 Å². The van der Waals surface area contributed by atoms with Gasteiger partial charge < -0.3 is 10.1 Å². The molecule has 2 aromatic rings. The molecule has 1 aliphatic rings. The van der Waals surface area contributed by atoms with E-state index in [2.05, 4.69) is 5.32 Å². The van der Waals surface area contributed by atoms with Crippen LogP contribution >= 0.6 is 12.2 Å². The monoisotopic (exact) mass is 301 g/mol. The van der Waals surface area contributed by atoms with Crippen molar-refractivity contribution < 1.29 is 9.13 Å². The number of nitrogens with one attached hydrogen (secondary N) is 1. The van der Waals surface area contributed by atoms with Crippen LogP contribution in [0, 0.1) is 5.82 Å². The lowest BCUT2D eigenvalue weighted by Crippen LogP contribution is -2.22. The van der Waals surface area contributed by atoms with Crippen LogP contribution in [0.1, 0.15) is 19.4 Å². The molecule has 0 atom stereocenters. The quantitative estimate of drug-likeness (QED) is 0.784. The summed E-state index contributed by atoms with van der Waals surface area (Å²) in [5.41, 5.74) is 3.32. The molecule has 0 radical (unpaired) electrons. The van der Waals surface area contributed by atoms with Crippen molar-refractivity contribution >= 4 is 22.9 Å². The third-order valence-corrected chi connectivity index (χ3v) is 3.88. The zero-order chi connectivity index (χ0) is 15.0. The van der Waals surface area contributed by atoms with Gasteiger partial charge in [-0.3, -0.25) is 0 Å².